The van der Waals surface area contributed by atoms with E-state index in [1.54, 1.807) is 0 Å². The number of halogens is 2. The van der Waals surface area contributed by atoms with Crippen LogP contribution in [-0.2, 0) is 4.57 Å². The summed E-state index contributed by atoms with van der Waals surface area (Å²) in [5, 5.41) is 4.41. The summed E-state index contributed by atoms with van der Waals surface area (Å²) in [7, 11) is -3.37. The number of nitrogens with one attached hydrogen (secondary N) is 1. The lowest BCUT2D eigenvalue weighted by molar-refractivity contribution is 0.589. The minimum absolute atomic E-state index is 0.372. The summed E-state index contributed by atoms with van der Waals surface area (Å²) in [4.78, 5) is 5.74. The van der Waals surface area contributed by atoms with Gasteiger partial charge in [-0.25, -0.2) is 4.98 Å². The van der Waals surface area contributed by atoms with E-state index in [0.29, 0.717) is 15.2 Å². The summed E-state index contributed by atoms with van der Waals surface area (Å²) in [6, 6.07) is 28.7. The van der Waals surface area contributed by atoms with Crippen LogP contribution in [0.4, 0.5) is 5.13 Å². The van der Waals surface area contributed by atoms with E-state index < -0.39 is 7.29 Å². The average Bonchev–Trinajstić information content (AvgIpc) is 3.19. The second-order valence-electron chi connectivity index (χ2n) is 7.30. The van der Waals surface area contributed by atoms with Crippen molar-refractivity contribution in [1.82, 2.24) is 4.98 Å². The third kappa shape index (κ3) is 6.04. The first kappa shape index (κ1) is 23.5. The fourth-order valence-electron chi connectivity index (χ4n) is 3.24. The lowest BCUT2D eigenvalue weighted by atomic mass is 10.1. The summed E-state index contributed by atoms with van der Waals surface area (Å²) in [6.45, 7) is 2.00. The van der Waals surface area contributed by atoms with E-state index in [1.807, 2.05) is 97.9 Å². The largest absolute Gasteiger partial charge is 0.306 e. The van der Waals surface area contributed by atoms with Crippen molar-refractivity contribution in [3.8, 4) is 11.3 Å². The molecule has 0 atom stereocenters. The van der Waals surface area contributed by atoms with Gasteiger partial charge < -0.3 is 5.09 Å². The van der Waals surface area contributed by atoms with Gasteiger partial charge in [-0.05, 0) is 18.1 Å². The molecule has 3 nitrogen and oxygen atoms in total. The number of benzene rings is 3. The van der Waals surface area contributed by atoms with Crippen molar-refractivity contribution in [1.29, 1.82) is 0 Å². The molecule has 3 aromatic carbocycles. The van der Waals surface area contributed by atoms with Crippen LogP contribution in [0.25, 0.3) is 21.3 Å². The molecule has 0 saturated heterocycles. The van der Waals surface area contributed by atoms with Crippen molar-refractivity contribution < 1.29 is 4.57 Å². The van der Waals surface area contributed by atoms with Crippen LogP contribution in [0.2, 0.25) is 0 Å². The Morgan fingerprint density at radius 3 is 1.76 bits per heavy atom. The predicted octanol–water partition coefficient (Wildman–Crippen LogP) is 9.28. The minimum Gasteiger partial charge on any atom is -0.306 e. The van der Waals surface area contributed by atoms with Crippen molar-refractivity contribution in [2.75, 3.05) is 5.09 Å². The molecule has 4 rings (SSSR count). The smallest absolute Gasteiger partial charge is 0.217 e. The van der Waals surface area contributed by atoms with Crippen LogP contribution in [0.1, 0.15) is 16.0 Å². The zero-order valence-corrected chi connectivity index (χ0v) is 21.0. The lowest BCUT2D eigenvalue weighted by Gasteiger charge is -2.13. The molecule has 166 valence electrons. The standard InChI is InChI=1S/C26H21Cl2N2OPS/c1-19-25(22-15-9-4-10-16-22)29-26(33-19)30-32(31,17-23(27)20-11-5-2-6-12-20)18-24(28)21-13-7-3-8-14-21/h2-18H,1H3,(H,29,30,31)/b23-17-,24-18-. The Bertz CT molecular complexity index is 1280. The van der Waals surface area contributed by atoms with Gasteiger partial charge in [0.25, 0.3) is 0 Å². The maximum atomic E-state index is 14.1. The van der Waals surface area contributed by atoms with Gasteiger partial charge >= 0.3 is 0 Å². The van der Waals surface area contributed by atoms with Gasteiger partial charge in [0.1, 0.15) is 0 Å². The van der Waals surface area contributed by atoms with Crippen molar-refractivity contribution in [2.24, 2.45) is 0 Å². The van der Waals surface area contributed by atoms with Gasteiger partial charge in [-0.2, -0.15) is 0 Å². The van der Waals surface area contributed by atoms with Crippen molar-refractivity contribution in [3.63, 3.8) is 0 Å². The van der Waals surface area contributed by atoms with E-state index in [4.69, 9.17) is 28.2 Å². The lowest BCUT2D eigenvalue weighted by Crippen LogP contribution is -1.94. The molecule has 0 radical (unpaired) electrons. The molecule has 0 aliphatic heterocycles. The van der Waals surface area contributed by atoms with Gasteiger partial charge in [0.05, 0.1) is 15.8 Å². The highest BCUT2D eigenvalue weighted by Gasteiger charge is 2.22. The van der Waals surface area contributed by atoms with Crippen LogP contribution in [0, 0.1) is 6.92 Å². The first-order valence-electron chi connectivity index (χ1n) is 10.2. The Labute approximate surface area is 207 Å². The average molecular weight is 511 g/mol. The minimum atomic E-state index is -3.37. The normalized spacial score (nSPS) is 12.6. The van der Waals surface area contributed by atoms with Crippen LogP contribution in [0.15, 0.2) is 103 Å². The van der Waals surface area contributed by atoms with Crippen LogP contribution >= 0.6 is 41.8 Å². The molecule has 4 aromatic rings. The van der Waals surface area contributed by atoms with Crippen molar-refractivity contribution >= 4 is 57.0 Å². The molecule has 0 spiro atoms. The molecule has 1 heterocycles. The SMILES string of the molecule is Cc1sc(NP(=O)(/C=C(\Cl)c2ccccc2)/C=C(\Cl)c2ccccc2)nc1-c1ccccc1. The van der Waals surface area contributed by atoms with Gasteiger partial charge in [-0.1, -0.05) is 114 Å². The zero-order valence-electron chi connectivity index (χ0n) is 17.8. The van der Waals surface area contributed by atoms with Crippen LogP contribution in [0.5, 0.6) is 0 Å². The van der Waals surface area contributed by atoms with Gasteiger partial charge in [0, 0.05) is 22.1 Å². The maximum absolute atomic E-state index is 14.1. The number of thiazole rings is 1. The summed E-state index contributed by atoms with van der Waals surface area (Å²) < 4.78 is 14.1. The third-order valence-corrected chi connectivity index (χ3v) is 8.66. The Morgan fingerprint density at radius 1 is 0.818 bits per heavy atom. The van der Waals surface area contributed by atoms with E-state index in [1.165, 1.54) is 23.0 Å². The number of hydrogen-bond donors (Lipinski definition) is 1. The number of anilines is 1. The van der Waals surface area contributed by atoms with E-state index >= 15 is 0 Å². The molecule has 0 amide bonds. The summed E-state index contributed by atoms with van der Waals surface area (Å²) in [6.07, 6.45) is 0. The topological polar surface area (TPSA) is 42.0 Å². The van der Waals surface area contributed by atoms with E-state index in [-0.39, 0.29) is 0 Å². The molecule has 0 bridgehead atoms. The summed E-state index contributed by atoms with van der Waals surface area (Å²) in [5.74, 6) is 3.07. The molecule has 0 saturated carbocycles. The van der Waals surface area contributed by atoms with Crippen LogP contribution < -0.4 is 5.09 Å². The zero-order chi connectivity index (χ0) is 23.3. The van der Waals surface area contributed by atoms with Gasteiger partial charge in [-0.15, -0.1) is 11.3 Å². The van der Waals surface area contributed by atoms with Crippen molar-refractivity contribution in [2.45, 2.75) is 6.92 Å². The number of hydrogen-bond acceptors (Lipinski definition) is 3. The fraction of sp³-hybridized carbons (Fsp3) is 0.0385. The first-order valence-corrected chi connectivity index (χ1v) is 13.6. The van der Waals surface area contributed by atoms with E-state index in [9.17, 15) is 4.57 Å². The molecule has 33 heavy (non-hydrogen) atoms. The highest BCUT2D eigenvalue weighted by atomic mass is 35.5. The number of nitrogens with zero attached hydrogens (tertiary/aromatic N) is 1. The quantitative estimate of drug-likeness (QED) is 0.252. The third-order valence-electron chi connectivity index (χ3n) is 4.82. The summed E-state index contributed by atoms with van der Waals surface area (Å²) >= 11 is 14.6. The fourth-order valence-corrected chi connectivity index (χ4v) is 7.18. The molecule has 0 aliphatic carbocycles. The molecule has 0 unspecified atom stereocenters. The van der Waals surface area contributed by atoms with Crippen LogP contribution in [-0.4, -0.2) is 4.98 Å². The second-order valence-corrected chi connectivity index (χ2v) is 11.5. The molecular weight excluding hydrogens is 490 g/mol. The van der Waals surface area contributed by atoms with Gasteiger partial charge in [-0.3, -0.25) is 4.57 Å². The molecule has 1 N–H and O–H groups in total. The van der Waals surface area contributed by atoms with Crippen LogP contribution in [0.3, 0.4) is 0 Å². The number of rotatable bonds is 7. The molecular formula is C26H21Cl2N2OPS. The molecule has 1 aromatic heterocycles. The maximum Gasteiger partial charge on any atom is 0.217 e. The highest BCUT2D eigenvalue weighted by molar-refractivity contribution is 7.72. The molecule has 0 fully saturated rings. The summed E-state index contributed by atoms with van der Waals surface area (Å²) in [5.41, 5.74) is 3.40. The highest BCUT2D eigenvalue weighted by Crippen LogP contribution is 2.54. The monoisotopic (exact) mass is 510 g/mol. The van der Waals surface area contributed by atoms with Crippen molar-refractivity contribution in [3.05, 3.63) is 119 Å². The molecule has 0 aliphatic rings. The Kier molecular flexibility index (Phi) is 7.52. The number of aromatic nitrogens is 1. The Morgan fingerprint density at radius 2 is 1.27 bits per heavy atom. The van der Waals surface area contributed by atoms with Gasteiger partial charge in [0.2, 0.25) is 7.29 Å². The second kappa shape index (κ2) is 10.5. The van der Waals surface area contributed by atoms with E-state index in [2.05, 4.69) is 5.09 Å². The number of aryl methyl sites for hydroxylation is 1. The molecule has 7 heteroatoms. The Hall–Kier alpha value is -2.62. The van der Waals surface area contributed by atoms with Gasteiger partial charge in [0.15, 0.2) is 5.13 Å². The first-order chi connectivity index (χ1) is 15.9. The predicted molar refractivity (Wildman–Crippen MR) is 144 cm³/mol. The van der Waals surface area contributed by atoms with E-state index in [0.717, 1.165) is 27.3 Å². The Balaban J connectivity index is 1.74.